The lowest BCUT2D eigenvalue weighted by Gasteiger charge is -2.18. The maximum absolute atomic E-state index is 12.0. The fourth-order valence-corrected chi connectivity index (χ4v) is 2.12. The van der Waals surface area contributed by atoms with E-state index in [1.54, 1.807) is 14.2 Å². The quantitative estimate of drug-likeness (QED) is 0.855. The predicted molar refractivity (Wildman–Crippen MR) is 83.1 cm³/mol. The van der Waals surface area contributed by atoms with Gasteiger partial charge >= 0.3 is 0 Å². The fourth-order valence-electron chi connectivity index (χ4n) is 2.12. The van der Waals surface area contributed by atoms with Gasteiger partial charge in [-0.15, -0.1) is 0 Å². The van der Waals surface area contributed by atoms with E-state index in [9.17, 15) is 4.79 Å². The molecule has 110 valence electrons. The molecule has 1 atom stereocenters. The number of hydrogen-bond donors (Lipinski definition) is 2. The van der Waals surface area contributed by atoms with Crippen LogP contribution in [0.4, 0.5) is 0 Å². The summed E-state index contributed by atoms with van der Waals surface area (Å²) in [6.45, 7) is 0.608. The molecular formula is C17H20N2O2. The van der Waals surface area contributed by atoms with E-state index in [1.807, 2.05) is 54.6 Å². The minimum Gasteiger partial charge on any atom is -0.497 e. The van der Waals surface area contributed by atoms with Crippen molar-refractivity contribution in [3.8, 4) is 5.75 Å². The Morgan fingerprint density at radius 2 is 1.76 bits per heavy atom. The molecular weight excluding hydrogens is 264 g/mol. The largest absolute Gasteiger partial charge is 0.497 e. The summed E-state index contributed by atoms with van der Waals surface area (Å²) in [5.41, 5.74) is 2.05. The van der Waals surface area contributed by atoms with E-state index < -0.39 is 0 Å². The molecule has 2 aromatic carbocycles. The first-order valence-electron chi connectivity index (χ1n) is 6.87. The van der Waals surface area contributed by atoms with Crippen molar-refractivity contribution in [2.75, 3.05) is 14.2 Å². The summed E-state index contributed by atoms with van der Waals surface area (Å²) in [5.74, 6) is 0.777. The highest BCUT2D eigenvalue weighted by atomic mass is 16.5. The number of amides is 1. The van der Waals surface area contributed by atoms with Crippen LogP contribution < -0.4 is 15.4 Å². The molecule has 0 radical (unpaired) electrons. The molecule has 0 aliphatic rings. The molecule has 1 unspecified atom stereocenters. The van der Waals surface area contributed by atoms with Gasteiger partial charge in [0.25, 0.3) is 0 Å². The van der Waals surface area contributed by atoms with E-state index >= 15 is 0 Å². The van der Waals surface area contributed by atoms with Gasteiger partial charge in [0.05, 0.1) is 7.11 Å². The van der Waals surface area contributed by atoms with Crippen molar-refractivity contribution < 1.29 is 9.53 Å². The molecule has 4 heteroatoms. The molecule has 0 aliphatic heterocycles. The van der Waals surface area contributed by atoms with E-state index in [4.69, 9.17) is 4.74 Å². The van der Waals surface area contributed by atoms with Crippen LogP contribution in [0.15, 0.2) is 54.6 Å². The summed E-state index contributed by atoms with van der Waals surface area (Å²) in [5, 5.41) is 5.98. The van der Waals surface area contributed by atoms with Gasteiger partial charge in [0, 0.05) is 13.6 Å². The fraction of sp³-hybridized carbons (Fsp3) is 0.235. The molecule has 0 saturated heterocycles. The van der Waals surface area contributed by atoms with E-state index in [2.05, 4.69) is 10.6 Å². The second-order valence-electron chi connectivity index (χ2n) is 4.69. The summed E-state index contributed by atoms with van der Waals surface area (Å²) in [4.78, 5) is 12.0. The lowest BCUT2D eigenvalue weighted by molar-refractivity contribution is -0.122. The van der Waals surface area contributed by atoms with Gasteiger partial charge in [0.15, 0.2) is 0 Å². The molecule has 2 aromatic rings. The van der Waals surface area contributed by atoms with Gasteiger partial charge in [-0.05, 0) is 23.3 Å². The van der Waals surface area contributed by atoms with Crippen molar-refractivity contribution in [2.24, 2.45) is 0 Å². The SMILES string of the molecule is CNC(=O)C(NCc1ccc(OC)cc1)c1ccccc1. The minimum absolute atomic E-state index is 0.0466. The highest BCUT2D eigenvalue weighted by Crippen LogP contribution is 2.15. The van der Waals surface area contributed by atoms with Gasteiger partial charge in [-0.2, -0.15) is 0 Å². The van der Waals surface area contributed by atoms with E-state index in [0.29, 0.717) is 6.54 Å². The highest BCUT2D eigenvalue weighted by molar-refractivity contribution is 5.82. The molecule has 2 rings (SSSR count). The molecule has 0 aliphatic carbocycles. The van der Waals surface area contributed by atoms with Crippen LogP contribution in [-0.4, -0.2) is 20.1 Å². The van der Waals surface area contributed by atoms with Crippen molar-refractivity contribution in [1.29, 1.82) is 0 Å². The predicted octanol–water partition coefficient (Wildman–Crippen LogP) is 2.27. The topological polar surface area (TPSA) is 50.4 Å². The minimum atomic E-state index is -0.363. The lowest BCUT2D eigenvalue weighted by atomic mass is 10.1. The van der Waals surface area contributed by atoms with Crippen molar-refractivity contribution in [3.63, 3.8) is 0 Å². The second-order valence-corrected chi connectivity index (χ2v) is 4.69. The Balaban J connectivity index is 2.07. The van der Waals surface area contributed by atoms with Gasteiger partial charge in [-0.3, -0.25) is 10.1 Å². The van der Waals surface area contributed by atoms with Gasteiger partial charge < -0.3 is 10.1 Å². The summed E-state index contributed by atoms with van der Waals surface area (Å²) < 4.78 is 5.14. The van der Waals surface area contributed by atoms with Crippen LogP contribution in [0.3, 0.4) is 0 Å². The molecule has 2 N–H and O–H groups in total. The number of benzene rings is 2. The average molecular weight is 284 g/mol. The standard InChI is InChI=1S/C17H20N2O2/c1-18-17(20)16(14-6-4-3-5-7-14)19-12-13-8-10-15(21-2)11-9-13/h3-11,16,19H,12H2,1-2H3,(H,18,20). The van der Waals surface area contributed by atoms with Gasteiger partial charge in [0.2, 0.25) is 5.91 Å². The zero-order valence-electron chi connectivity index (χ0n) is 12.3. The third-order valence-corrected chi connectivity index (χ3v) is 3.31. The van der Waals surface area contributed by atoms with Crippen LogP contribution in [-0.2, 0) is 11.3 Å². The normalized spacial score (nSPS) is 11.7. The Bertz CT molecular complexity index is 567. The molecule has 0 aromatic heterocycles. The Morgan fingerprint density at radius 3 is 2.33 bits per heavy atom. The van der Waals surface area contributed by atoms with Gasteiger partial charge in [0.1, 0.15) is 11.8 Å². The smallest absolute Gasteiger partial charge is 0.241 e. The summed E-state index contributed by atoms with van der Waals surface area (Å²) in [6.07, 6.45) is 0. The van der Waals surface area contributed by atoms with Crippen molar-refractivity contribution in [2.45, 2.75) is 12.6 Å². The van der Waals surface area contributed by atoms with Crippen LogP contribution in [0.2, 0.25) is 0 Å². The molecule has 0 bridgehead atoms. The maximum Gasteiger partial charge on any atom is 0.241 e. The number of ether oxygens (including phenoxy) is 1. The summed E-state index contributed by atoms with van der Waals surface area (Å²) in [7, 11) is 3.29. The Labute approximate surface area is 125 Å². The zero-order valence-corrected chi connectivity index (χ0v) is 12.3. The molecule has 0 saturated carbocycles. The molecule has 4 nitrogen and oxygen atoms in total. The first-order chi connectivity index (χ1) is 10.2. The summed E-state index contributed by atoms with van der Waals surface area (Å²) in [6, 6.07) is 17.1. The first-order valence-corrected chi connectivity index (χ1v) is 6.87. The number of nitrogens with one attached hydrogen (secondary N) is 2. The van der Waals surface area contributed by atoms with E-state index in [0.717, 1.165) is 16.9 Å². The number of likely N-dealkylation sites (N-methyl/N-ethyl adjacent to an activating group) is 1. The van der Waals surface area contributed by atoms with E-state index in [-0.39, 0.29) is 11.9 Å². The zero-order chi connectivity index (χ0) is 15.1. The maximum atomic E-state index is 12.0. The van der Waals surface area contributed by atoms with Crippen LogP contribution in [0.25, 0.3) is 0 Å². The van der Waals surface area contributed by atoms with Crippen LogP contribution >= 0.6 is 0 Å². The Kier molecular flexibility index (Phi) is 5.35. The van der Waals surface area contributed by atoms with Crippen LogP contribution in [0.5, 0.6) is 5.75 Å². The Morgan fingerprint density at radius 1 is 1.10 bits per heavy atom. The molecule has 0 spiro atoms. The van der Waals surface area contributed by atoms with Gasteiger partial charge in [-0.1, -0.05) is 42.5 Å². The van der Waals surface area contributed by atoms with Crippen molar-refractivity contribution >= 4 is 5.91 Å². The van der Waals surface area contributed by atoms with Crippen molar-refractivity contribution in [3.05, 3.63) is 65.7 Å². The molecule has 0 heterocycles. The number of carbonyl (C=O) groups excluding carboxylic acids is 1. The van der Waals surface area contributed by atoms with E-state index in [1.165, 1.54) is 0 Å². The van der Waals surface area contributed by atoms with Gasteiger partial charge in [-0.25, -0.2) is 0 Å². The number of rotatable bonds is 6. The van der Waals surface area contributed by atoms with Crippen LogP contribution in [0, 0.1) is 0 Å². The molecule has 21 heavy (non-hydrogen) atoms. The monoisotopic (exact) mass is 284 g/mol. The molecule has 0 fully saturated rings. The highest BCUT2D eigenvalue weighted by Gasteiger charge is 2.18. The van der Waals surface area contributed by atoms with Crippen LogP contribution in [0.1, 0.15) is 17.2 Å². The number of methoxy groups -OCH3 is 1. The molecule has 1 amide bonds. The third kappa shape index (κ3) is 4.07. The number of carbonyl (C=O) groups is 1. The lowest BCUT2D eigenvalue weighted by Crippen LogP contribution is -2.35. The third-order valence-electron chi connectivity index (χ3n) is 3.31. The average Bonchev–Trinajstić information content (AvgIpc) is 2.56. The first kappa shape index (κ1) is 15.1. The summed E-state index contributed by atoms with van der Waals surface area (Å²) >= 11 is 0. The number of hydrogen-bond acceptors (Lipinski definition) is 3. The second kappa shape index (κ2) is 7.45. The van der Waals surface area contributed by atoms with Crippen molar-refractivity contribution in [1.82, 2.24) is 10.6 Å². The Hall–Kier alpha value is -2.33.